The highest BCUT2D eigenvalue weighted by Crippen LogP contribution is 2.22. The lowest BCUT2D eigenvalue weighted by molar-refractivity contribution is -0.141. The summed E-state index contributed by atoms with van der Waals surface area (Å²) in [6.07, 6.45) is 1.66. The van der Waals surface area contributed by atoms with Crippen LogP contribution < -0.4 is 5.32 Å². The van der Waals surface area contributed by atoms with Crippen LogP contribution in [-0.2, 0) is 19.6 Å². The summed E-state index contributed by atoms with van der Waals surface area (Å²) < 4.78 is 31.3. The lowest BCUT2D eigenvalue weighted by Gasteiger charge is -2.15. The van der Waals surface area contributed by atoms with Crippen LogP contribution in [0.5, 0.6) is 0 Å². The molecular formula is C21H20Cl2N2O6S. The van der Waals surface area contributed by atoms with Gasteiger partial charge in [0.05, 0.1) is 15.5 Å². The molecule has 2 aromatic carbocycles. The van der Waals surface area contributed by atoms with E-state index in [0.29, 0.717) is 18.1 Å². The van der Waals surface area contributed by atoms with Crippen LogP contribution in [-0.4, -0.2) is 56.6 Å². The van der Waals surface area contributed by atoms with Crippen LogP contribution in [0.3, 0.4) is 0 Å². The summed E-state index contributed by atoms with van der Waals surface area (Å²) in [7, 11) is -3.57. The van der Waals surface area contributed by atoms with Crippen molar-refractivity contribution in [2.75, 3.05) is 26.2 Å². The third kappa shape index (κ3) is 5.86. The van der Waals surface area contributed by atoms with Crippen LogP contribution in [0.4, 0.5) is 0 Å². The highest BCUT2D eigenvalue weighted by molar-refractivity contribution is 7.89. The fraction of sp³-hybridized carbons (Fsp3) is 0.286. The molecule has 0 aromatic heterocycles. The number of nitrogens with zero attached hydrogens (tertiary/aromatic N) is 1. The van der Waals surface area contributed by atoms with Crippen molar-refractivity contribution < 1.29 is 27.5 Å². The minimum Gasteiger partial charge on any atom is -0.456 e. The van der Waals surface area contributed by atoms with Crippen molar-refractivity contribution in [1.82, 2.24) is 9.62 Å². The number of rotatable bonds is 8. The second-order valence-corrected chi connectivity index (χ2v) is 9.81. The zero-order chi connectivity index (χ0) is 23.3. The first-order chi connectivity index (χ1) is 15.2. The monoisotopic (exact) mass is 498 g/mol. The topological polar surface area (TPSA) is 110 Å². The van der Waals surface area contributed by atoms with Crippen molar-refractivity contribution >= 4 is 50.9 Å². The zero-order valence-electron chi connectivity index (χ0n) is 16.8. The number of benzene rings is 2. The fourth-order valence-electron chi connectivity index (χ4n) is 3.09. The van der Waals surface area contributed by atoms with E-state index in [0.717, 1.165) is 12.8 Å². The van der Waals surface area contributed by atoms with E-state index in [9.17, 15) is 22.8 Å². The van der Waals surface area contributed by atoms with Gasteiger partial charge in [-0.2, -0.15) is 4.31 Å². The maximum absolute atomic E-state index is 12.5. The van der Waals surface area contributed by atoms with Crippen LogP contribution in [0.25, 0.3) is 0 Å². The molecule has 32 heavy (non-hydrogen) atoms. The van der Waals surface area contributed by atoms with Crippen LogP contribution in [0.2, 0.25) is 10.0 Å². The maximum atomic E-state index is 12.5. The molecule has 1 N–H and O–H groups in total. The molecule has 8 nitrogen and oxygen atoms in total. The minimum absolute atomic E-state index is 0.108. The van der Waals surface area contributed by atoms with E-state index in [1.165, 1.54) is 46.8 Å². The lowest BCUT2D eigenvalue weighted by Crippen LogP contribution is -2.31. The first-order valence-corrected chi connectivity index (χ1v) is 11.9. The molecule has 0 aliphatic carbocycles. The van der Waals surface area contributed by atoms with Gasteiger partial charge < -0.3 is 10.1 Å². The number of amides is 1. The van der Waals surface area contributed by atoms with Gasteiger partial charge in [-0.3, -0.25) is 14.4 Å². The van der Waals surface area contributed by atoms with Gasteiger partial charge in [0.2, 0.25) is 10.0 Å². The number of hydrogen-bond acceptors (Lipinski definition) is 6. The zero-order valence-corrected chi connectivity index (χ0v) is 19.2. The van der Waals surface area contributed by atoms with E-state index in [-0.39, 0.29) is 21.0 Å². The number of Topliss-reactive ketones (excluding diaryl/α,β-unsaturated/α-hetero) is 1. The molecule has 0 bridgehead atoms. The van der Waals surface area contributed by atoms with Gasteiger partial charge in [-0.05, 0) is 55.3 Å². The number of halogens is 2. The van der Waals surface area contributed by atoms with Gasteiger partial charge in [0, 0.05) is 23.7 Å². The Hall–Kier alpha value is -2.46. The molecule has 1 amide bonds. The molecule has 1 fully saturated rings. The molecule has 0 unspecified atom stereocenters. The van der Waals surface area contributed by atoms with Crippen LogP contribution in [0.1, 0.15) is 33.6 Å². The second-order valence-electron chi connectivity index (χ2n) is 7.03. The van der Waals surface area contributed by atoms with E-state index in [2.05, 4.69) is 5.32 Å². The summed E-state index contributed by atoms with van der Waals surface area (Å²) >= 11 is 11.7. The Kier molecular flexibility index (Phi) is 7.89. The van der Waals surface area contributed by atoms with Gasteiger partial charge in [-0.1, -0.05) is 23.2 Å². The van der Waals surface area contributed by atoms with E-state index in [1.54, 1.807) is 0 Å². The Bertz CT molecular complexity index is 1130. The molecule has 1 saturated heterocycles. The fourth-order valence-corrected chi connectivity index (χ4v) is 5.10. The standard InChI is InChI=1S/C21H20Cl2N2O6S/c22-15-5-8-17(18(23)11-15)21(28)24-12-20(27)31-13-19(26)14-3-6-16(7-4-14)32(29,30)25-9-1-2-10-25/h3-8,11H,1-2,9-10,12-13H2,(H,24,28). The number of carbonyl (C=O) groups excluding carboxylic acids is 3. The van der Waals surface area contributed by atoms with E-state index in [4.69, 9.17) is 27.9 Å². The van der Waals surface area contributed by atoms with Gasteiger partial charge >= 0.3 is 5.97 Å². The highest BCUT2D eigenvalue weighted by Gasteiger charge is 2.27. The molecule has 0 saturated carbocycles. The molecule has 0 atom stereocenters. The van der Waals surface area contributed by atoms with Crippen molar-refractivity contribution in [3.8, 4) is 0 Å². The molecule has 1 aliphatic heterocycles. The lowest BCUT2D eigenvalue weighted by atomic mass is 10.1. The predicted octanol–water partition coefficient (Wildman–Crippen LogP) is 2.93. The third-order valence-corrected chi connectivity index (χ3v) is 7.27. The van der Waals surface area contributed by atoms with Crippen molar-refractivity contribution in [2.45, 2.75) is 17.7 Å². The van der Waals surface area contributed by atoms with Gasteiger partial charge in [-0.25, -0.2) is 8.42 Å². The van der Waals surface area contributed by atoms with E-state index >= 15 is 0 Å². The molecule has 11 heteroatoms. The van der Waals surface area contributed by atoms with Crippen molar-refractivity contribution in [3.63, 3.8) is 0 Å². The first-order valence-electron chi connectivity index (χ1n) is 9.71. The normalized spacial score (nSPS) is 14.2. The number of ether oxygens (including phenoxy) is 1. The highest BCUT2D eigenvalue weighted by atomic mass is 35.5. The summed E-state index contributed by atoms with van der Waals surface area (Å²) in [6, 6.07) is 9.78. The maximum Gasteiger partial charge on any atom is 0.325 e. The second kappa shape index (κ2) is 10.4. The molecule has 2 aromatic rings. The summed E-state index contributed by atoms with van der Waals surface area (Å²) in [5.41, 5.74) is 0.346. The number of esters is 1. The van der Waals surface area contributed by atoms with E-state index in [1.807, 2.05) is 0 Å². The minimum atomic E-state index is -3.57. The number of nitrogens with one attached hydrogen (secondary N) is 1. The summed E-state index contributed by atoms with van der Waals surface area (Å²) in [5.74, 6) is -1.91. The van der Waals surface area contributed by atoms with Crippen LogP contribution in [0, 0.1) is 0 Å². The number of carbonyl (C=O) groups is 3. The average molecular weight is 499 g/mol. The van der Waals surface area contributed by atoms with Gasteiger partial charge in [0.15, 0.2) is 12.4 Å². The largest absolute Gasteiger partial charge is 0.456 e. The summed E-state index contributed by atoms with van der Waals surface area (Å²) in [6.45, 7) is -0.0355. The SMILES string of the molecule is O=C(CNC(=O)c1ccc(Cl)cc1Cl)OCC(=O)c1ccc(S(=O)(=O)N2CCCC2)cc1. The van der Waals surface area contributed by atoms with Gasteiger partial charge in [0.25, 0.3) is 5.91 Å². The molecule has 3 rings (SSSR count). The Balaban J connectivity index is 1.49. The molecular weight excluding hydrogens is 479 g/mol. The van der Waals surface area contributed by atoms with Gasteiger partial charge in [0.1, 0.15) is 6.54 Å². The summed E-state index contributed by atoms with van der Waals surface area (Å²) in [5, 5.41) is 2.85. The predicted molar refractivity (Wildman–Crippen MR) is 119 cm³/mol. The van der Waals surface area contributed by atoms with Crippen LogP contribution in [0.15, 0.2) is 47.4 Å². The van der Waals surface area contributed by atoms with Crippen molar-refractivity contribution in [1.29, 1.82) is 0 Å². The van der Waals surface area contributed by atoms with Gasteiger partial charge in [-0.15, -0.1) is 0 Å². The smallest absolute Gasteiger partial charge is 0.325 e. The van der Waals surface area contributed by atoms with Crippen LogP contribution >= 0.6 is 23.2 Å². The molecule has 0 spiro atoms. The molecule has 1 aliphatic rings. The molecule has 170 valence electrons. The molecule has 1 heterocycles. The van der Waals surface area contributed by atoms with Crippen molar-refractivity contribution in [2.24, 2.45) is 0 Å². The number of sulfonamides is 1. The Labute approximate surface area is 195 Å². The Morgan fingerprint density at radius 2 is 1.66 bits per heavy atom. The Morgan fingerprint density at radius 1 is 1.00 bits per heavy atom. The molecule has 0 radical (unpaired) electrons. The third-order valence-electron chi connectivity index (χ3n) is 4.81. The summed E-state index contributed by atoms with van der Waals surface area (Å²) in [4.78, 5) is 36.3. The van der Waals surface area contributed by atoms with E-state index < -0.39 is 40.8 Å². The quantitative estimate of drug-likeness (QED) is 0.442. The van der Waals surface area contributed by atoms with Crippen molar-refractivity contribution in [3.05, 3.63) is 63.6 Å². The number of ketones is 1. The average Bonchev–Trinajstić information content (AvgIpc) is 3.32. The number of hydrogen-bond donors (Lipinski definition) is 1. The first kappa shape index (κ1) is 24.2. The Morgan fingerprint density at radius 3 is 2.28 bits per heavy atom.